The number of guanidine groups is 1. The monoisotopic (exact) mass is 349 g/mol. The van der Waals surface area contributed by atoms with Crippen LogP contribution in [0.5, 0.6) is 0 Å². The van der Waals surface area contributed by atoms with Crippen LogP contribution in [0.2, 0.25) is 0 Å². The van der Waals surface area contributed by atoms with Crippen molar-refractivity contribution in [3.63, 3.8) is 0 Å². The van der Waals surface area contributed by atoms with Crippen molar-refractivity contribution in [2.75, 3.05) is 44.7 Å². The number of aliphatic imine (C=N–C) groups is 1. The van der Waals surface area contributed by atoms with Crippen LogP contribution in [0.4, 0.5) is 5.82 Å². The molecule has 1 aliphatic heterocycles. The van der Waals surface area contributed by atoms with Gasteiger partial charge in [0.15, 0.2) is 5.96 Å². The van der Waals surface area contributed by atoms with E-state index in [1.54, 1.807) is 0 Å². The molecular weight excluding hydrogens is 322 g/mol. The number of aryl methyl sites for hydroxylation is 1. The van der Waals surface area contributed by atoms with Crippen LogP contribution in [0.1, 0.15) is 23.5 Å². The highest BCUT2D eigenvalue weighted by atomic mass is 15.4. The zero-order valence-electron chi connectivity index (χ0n) is 15.4. The van der Waals surface area contributed by atoms with Crippen LogP contribution in [0.25, 0.3) is 0 Å². The molecule has 1 aromatic heterocycles. The average Bonchev–Trinajstić information content (AvgIpc) is 3.13. The SMILES string of the molecule is CN=C(NCC1CCc2ccccc21)N1CCN(c2ccccn2)CC1. The lowest BCUT2D eigenvalue weighted by atomic mass is 10.0. The molecule has 1 unspecified atom stereocenters. The number of aromatic nitrogens is 1. The minimum Gasteiger partial charge on any atom is -0.356 e. The summed E-state index contributed by atoms with van der Waals surface area (Å²) in [5, 5.41) is 3.62. The number of fused-ring (bicyclic) bond motifs is 1. The lowest BCUT2D eigenvalue weighted by molar-refractivity contribution is 0.370. The van der Waals surface area contributed by atoms with Gasteiger partial charge in [-0.25, -0.2) is 4.98 Å². The summed E-state index contributed by atoms with van der Waals surface area (Å²) in [6.45, 7) is 4.85. The van der Waals surface area contributed by atoms with Crippen LogP contribution in [-0.4, -0.2) is 55.6 Å². The number of benzene rings is 1. The second kappa shape index (κ2) is 7.77. The Bertz CT molecular complexity index is 750. The number of hydrogen-bond acceptors (Lipinski definition) is 3. The Labute approximate surface area is 155 Å². The second-order valence-corrected chi connectivity index (χ2v) is 7.02. The minimum atomic E-state index is 0.595. The Balaban J connectivity index is 1.32. The third kappa shape index (κ3) is 3.52. The van der Waals surface area contributed by atoms with E-state index in [-0.39, 0.29) is 0 Å². The van der Waals surface area contributed by atoms with Gasteiger partial charge in [-0.2, -0.15) is 0 Å². The molecule has 0 bridgehead atoms. The normalized spacial score (nSPS) is 20.2. The summed E-state index contributed by atoms with van der Waals surface area (Å²) in [5.41, 5.74) is 3.02. The van der Waals surface area contributed by atoms with E-state index in [0.29, 0.717) is 5.92 Å². The summed E-state index contributed by atoms with van der Waals surface area (Å²) >= 11 is 0. The zero-order chi connectivity index (χ0) is 17.8. The number of hydrogen-bond donors (Lipinski definition) is 1. The van der Waals surface area contributed by atoms with E-state index < -0.39 is 0 Å². The molecule has 4 rings (SSSR count). The van der Waals surface area contributed by atoms with E-state index in [0.717, 1.165) is 44.5 Å². The predicted molar refractivity (Wildman–Crippen MR) is 107 cm³/mol. The summed E-state index contributed by atoms with van der Waals surface area (Å²) < 4.78 is 0. The Kier molecular flexibility index (Phi) is 5.04. The lowest BCUT2D eigenvalue weighted by Gasteiger charge is -2.37. The van der Waals surface area contributed by atoms with Crippen molar-refractivity contribution in [1.82, 2.24) is 15.2 Å². The molecule has 1 saturated heterocycles. The van der Waals surface area contributed by atoms with Gasteiger partial charge in [-0.15, -0.1) is 0 Å². The van der Waals surface area contributed by atoms with Crippen LogP contribution >= 0.6 is 0 Å². The van der Waals surface area contributed by atoms with Crippen molar-refractivity contribution >= 4 is 11.8 Å². The van der Waals surface area contributed by atoms with E-state index in [2.05, 4.69) is 61.5 Å². The summed E-state index contributed by atoms with van der Waals surface area (Å²) in [5.74, 6) is 2.69. The van der Waals surface area contributed by atoms with Gasteiger partial charge in [-0.05, 0) is 36.1 Å². The first-order chi connectivity index (χ1) is 12.8. The highest BCUT2D eigenvalue weighted by molar-refractivity contribution is 5.80. The first-order valence-corrected chi connectivity index (χ1v) is 9.54. The maximum Gasteiger partial charge on any atom is 0.193 e. The molecule has 1 fully saturated rings. The number of rotatable bonds is 3. The fourth-order valence-corrected chi connectivity index (χ4v) is 4.09. The number of anilines is 1. The largest absolute Gasteiger partial charge is 0.356 e. The van der Waals surface area contributed by atoms with Crippen molar-refractivity contribution in [3.05, 3.63) is 59.8 Å². The molecule has 2 heterocycles. The molecule has 2 aliphatic rings. The van der Waals surface area contributed by atoms with Gasteiger partial charge in [0.05, 0.1) is 0 Å². The molecule has 0 spiro atoms. The molecule has 136 valence electrons. The molecule has 2 aromatic rings. The van der Waals surface area contributed by atoms with Gasteiger partial charge >= 0.3 is 0 Å². The van der Waals surface area contributed by atoms with Gasteiger partial charge in [0, 0.05) is 51.9 Å². The highest BCUT2D eigenvalue weighted by Gasteiger charge is 2.24. The van der Waals surface area contributed by atoms with Crippen LogP contribution < -0.4 is 10.2 Å². The summed E-state index contributed by atoms with van der Waals surface area (Å²) in [6, 6.07) is 14.9. The third-order valence-corrected chi connectivity index (χ3v) is 5.53. The molecule has 0 radical (unpaired) electrons. The number of piperazine rings is 1. The molecule has 1 aliphatic carbocycles. The first kappa shape index (κ1) is 16.9. The lowest BCUT2D eigenvalue weighted by Crippen LogP contribution is -2.53. The van der Waals surface area contributed by atoms with Gasteiger partial charge in [0.2, 0.25) is 0 Å². The van der Waals surface area contributed by atoms with Gasteiger partial charge < -0.3 is 15.1 Å². The van der Waals surface area contributed by atoms with E-state index in [1.165, 1.54) is 24.0 Å². The van der Waals surface area contributed by atoms with Crippen LogP contribution in [0.15, 0.2) is 53.7 Å². The summed E-state index contributed by atoms with van der Waals surface area (Å²) in [4.78, 5) is 13.7. The summed E-state index contributed by atoms with van der Waals surface area (Å²) in [7, 11) is 1.88. The van der Waals surface area contributed by atoms with Crippen molar-refractivity contribution in [1.29, 1.82) is 0 Å². The van der Waals surface area contributed by atoms with E-state index in [1.807, 2.05) is 19.3 Å². The molecule has 0 saturated carbocycles. The Hall–Kier alpha value is -2.56. The average molecular weight is 349 g/mol. The van der Waals surface area contributed by atoms with Crippen molar-refractivity contribution < 1.29 is 0 Å². The third-order valence-electron chi connectivity index (χ3n) is 5.53. The predicted octanol–water partition coefficient (Wildman–Crippen LogP) is 2.51. The van der Waals surface area contributed by atoms with Crippen molar-refractivity contribution in [2.24, 2.45) is 4.99 Å². The standard InChI is InChI=1S/C21H27N5/c1-22-21(24-16-18-10-9-17-6-2-3-7-19(17)18)26-14-12-25(13-15-26)20-8-4-5-11-23-20/h2-8,11,18H,9-10,12-16H2,1H3,(H,22,24). The minimum absolute atomic E-state index is 0.595. The highest BCUT2D eigenvalue weighted by Crippen LogP contribution is 2.32. The fourth-order valence-electron chi connectivity index (χ4n) is 4.09. The zero-order valence-corrected chi connectivity index (χ0v) is 15.4. The van der Waals surface area contributed by atoms with E-state index >= 15 is 0 Å². The molecule has 5 nitrogen and oxygen atoms in total. The van der Waals surface area contributed by atoms with E-state index in [9.17, 15) is 0 Å². The number of nitrogens with zero attached hydrogens (tertiary/aromatic N) is 4. The van der Waals surface area contributed by atoms with Crippen molar-refractivity contribution in [3.8, 4) is 0 Å². The van der Waals surface area contributed by atoms with Gasteiger partial charge in [0.1, 0.15) is 5.82 Å². The molecule has 1 atom stereocenters. The van der Waals surface area contributed by atoms with Crippen LogP contribution in [0.3, 0.4) is 0 Å². The topological polar surface area (TPSA) is 43.8 Å². The fraction of sp³-hybridized carbons (Fsp3) is 0.429. The molecular formula is C21H27N5. The second-order valence-electron chi connectivity index (χ2n) is 7.02. The maximum absolute atomic E-state index is 4.52. The Morgan fingerprint density at radius 3 is 2.69 bits per heavy atom. The Morgan fingerprint density at radius 1 is 1.12 bits per heavy atom. The smallest absolute Gasteiger partial charge is 0.193 e. The first-order valence-electron chi connectivity index (χ1n) is 9.54. The quantitative estimate of drug-likeness (QED) is 0.683. The number of pyridine rings is 1. The number of nitrogens with one attached hydrogen (secondary N) is 1. The van der Waals surface area contributed by atoms with Gasteiger partial charge in [-0.3, -0.25) is 4.99 Å². The van der Waals surface area contributed by atoms with Gasteiger partial charge in [0.25, 0.3) is 0 Å². The molecule has 1 aromatic carbocycles. The van der Waals surface area contributed by atoms with Crippen LogP contribution in [-0.2, 0) is 6.42 Å². The Morgan fingerprint density at radius 2 is 1.92 bits per heavy atom. The molecule has 1 N–H and O–H groups in total. The molecule has 0 amide bonds. The van der Waals surface area contributed by atoms with Gasteiger partial charge in [-0.1, -0.05) is 30.3 Å². The van der Waals surface area contributed by atoms with E-state index in [4.69, 9.17) is 0 Å². The molecule has 26 heavy (non-hydrogen) atoms. The summed E-state index contributed by atoms with van der Waals surface area (Å²) in [6.07, 6.45) is 4.29. The van der Waals surface area contributed by atoms with Crippen molar-refractivity contribution in [2.45, 2.75) is 18.8 Å². The van der Waals surface area contributed by atoms with Crippen LogP contribution in [0, 0.1) is 0 Å². The maximum atomic E-state index is 4.52. The molecule has 5 heteroatoms.